The fourth-order valence-electron chi connectivity index (χ4n) is 2.82. The summed E-state index contributed by atoms with van der Waals surface area (Å²) in [6.07, 6.45) is 0. The molecule has 0 bridgehead atoms. The van der Waals surface area contributed by atoms with Crippen LogP contribution in [0.3, 0.4) is 0 Å². The summed E-state index contributed by atoms with van der Waals surface area (Å²) in [5.74, 6) is -1.42. The van der Waals surface area contributed by atoms with Crippen LogP contribution in [-0.4, -0.2) is 26.0 Å². The van der Waals surface area contributed by atoms with Crippen molar-refractivity contribution >= 4 is 17.6 Å². The van der Waals surface area contributed by atoms with E-state index in [0.717, 1.165) is 0 Å². The van der Waals surface area contributed by atoms with Crippen molar-refractivity contribution in [2.45, 2.75) is 6.61 Å². The first-order valence-electron chi connectivity index (χ1n) is 8.93. The molecule has 0 N–H and O–H groups in total. The summed E-state index contributed by atoms with van der Waals surface area (Å²) in [7, 11) is 3.01. The zero-order valence-electron chi connectivity index (χ0n) is 16.1. The van der Waals surface area contributed by atoms with Gasteiger partial charge in [0.1, 0.15) is 6.61 Å². The Morgan fingerprint density at radius 3 is 2.24 bits per heavy atom. The van der Waals surface area contributed by atoms with Crippen molar-refractivity contribution in [3.63, 3.8) is 0 Å². The molecule has 0 saturated carbocycles. The first-order valence-corrected chi connectivity index (χ1v) is 8.93. The predicted octanol–water partition coefficient (Wildman–Crippen LogP) is 4.47. The van der Waals surface area contributed by atoms with E-state index in [1.807, 2.05) is 18.2 Å². The molecule has 0 aliphatic rings. The number of benzene rings is 3. The Hall–Kier alpha value is -3.67. The number of esters is 1. The maximum atomic E-state index is 13.8. The van der Waals surface area contributed by atoms with Crippen LogP contribution in [0.1, 0.15) is 26.3 Å². The minimum atomic E-state index is -0.661. The van der Waals surface area contributed by atoms with E-state index in [4.69, 9.17) is 9.47 Å². The number of nitrogens with zero attached hydrogens (tertiary/aromatic N) is 1. The molecule has 0 fully saturated rings. The van der Waals surface area contributed by atoms with Gasteiger partial charge in [-0.3, -0.25) is 4.79 Å². The average Bonchev–Trinajstić information content (AvgIpc) is 2.77. The van der Waals surface area contributed by atoms with E-state index in [1.165, 1.54) is 30.2 Å². The van der Waals surface area contributed by atoms with Crippen LogP contribution in [0.25, 0.3) is 0 Å². The minimum Gasteiger partial charge on any atom is -0.494 e. The third-order valence-electron chi connectivity index (χ3n) is 4.41. The lowest BCUT2D eigenvalue weighted by atomic mass is 10.1. The summed E-state index contributed by atoms with van der Waals surface area (Å²) in [4.78, 5) is 27.0. The molecule has 0 unspecified atom stereocenters. The average molecular weight is 393 g/mol. The van der Waals surface area contributed by atoms with Crippen LogP contribution in [0, 0.1) is 5.82 Å². The van der Waals surface area contributed by atoms with Crippen molar-refractivity contribution in [3.05, 3.63) is 95.3 Å². The van der Waals surface area contributed by atoms with Gasteiger partial charge in [-0.25, -0.2) is 9.18 Å². The largest absolute Gasteiger partial charge is 0.494 e. The molecule has 0 saturated heterocycles. The quantitative estimate of drug-likeness (QED) is 0.580. The number of para-hydroxylation sites is 1. The van der Waals surface area contributed by atoms with Crippen LogP contribution in [0.15, 0.2) is 72.8 Å². The highest BCUT2D eigenvalue weighted by atomic mass is 19.1. The topological polar surface area (TPSA) is 55.8 Å². The van der Waals surface area contributed by atoms with E-state index in [-0.39, 0.29) is 29.4 Å². The van der Waals surface area contributed by atoms with Gasteiger partial charge in [0.2, 0.25) is 0 Å². The maximum absolute atomic E-state index is 13.8. The number of carbonyl (C=O) groups is 2. The van der Waals surface area contributed by atoms with Gasteiger partial charge in [-0.1, -0.05) is 36.4 Å². The molecule has 0 aliphatic heterocycles. The number of hydrogen-bond donors (Lipinski definition) is 0. The van der Waals surface area contributed by atoms with Gasteiger partial charge in [0.25, 0.3) is 5.91 Å². The first-order chi connectivity index (χ1) is 14.0. The molecule has 1 amide bonds. The number of methoxy groups -OCH3 is 1. The molecule has 3 aromatic carbocycles. The van der Waals surface area contributed by atoms with Crippen LogP contribution < -0.4 is 9.64 Å². The second kappa shape index (κ2) is 9.01. The Balaban J connectivity index is 1.76. The Labute approximate surface area is 168 Å². The number of amides is 1. The summed E-state index contributed by atoms with van der Waals surface area (Å²) in [6, 6.07) is 19.9. The smallest absolute Gasteiger partial charge is 0.339 e. The molecule has 0 radical (unpaired) electrons. The van der Waals surface area contributed by atoms with Gasteiger partial charge in [0, 0.05) is 12.7 Å². The lowest BCUT2D eigenvalue weighted by Crippen LogP contribution is -2.28. The highest BCUT2D eigenvalue weighted by molar-refractivity contribution is 6.11. The Morgan fingerprint density at radius 1 is 0.931 bits per heavy atom. The molecule has 0 spiro atoms. The summed E-state index contributed by atoms with van der Waals surface area (Å²) in [5.41, 5.74) is 1.55. The summed E-state index contributed by atoms with van der Waals surface area (Å²) in [6.45, 7) is -0.128. The Morgan fingerprint density at radius 2 is 1.59 bits per heavy atom. The first kappa shape index (κ1) is 20.1. The molecule has 3 rings (SSSR count). The molecule has 0 atom stereocenters. The zero-order valence-corrected chi connectivity index (χ0v) is 16.1. The standard InChI is InChI=1S/C23H20FNO4/c1-25(17-8-4-3-5-9-17)22(26)18-10-6-7-11-19(18)23(27)29-15-16-12-13-21(28-2)20(24)14-16/h3-14H,15H2,1-2H3. The van der Waals surface area contributed by atoms with Crippen molar-refractivity contribution in [1.29, 1.82) is 0 Å². The van der Waals surface area contributed by atoms with Crippen LogP contribution >= 0.6 is 0 Å². The Bertz CT molecular complexity index is 1020. The van der Waals surface area contributed by atoms with Gasteiger partial charge >= 0.3 is 5.97 Å². The van der Waals surface area contributed by atoms with Crippen molar-refractivity contribution < 1.29 is 23.5 Å². The molecular weight excluding hydrogens is 373 g/mol. The maximum Gasteiger partial charge on any atom is 0.339 e. The van der Waals surface area contributed by atoms with Gasteiger partial charge in [-0.05, 0) is 42.0 Å². The van der Waals surface area contributed by atoms with Gasteiger partial charge in [0.05, 0.1) is 18.2 Å². The number of rotatable bonds is 6. The van der Waals surface area contributed by atoms with E-state index < -0.39 is 11.8 Å². The minimum absolute atomic E-state index is 0.111. The van der Waals surface area contributed by atoms with Gasteiger partial charge in [-0.2, -0.15) is 0 Å². The van der Waals surface area contributed by atoms with Crippen molar-refractivity contribution in [3.8, 4) is 5.75 Å². The zero-order chi connectivity index (χ0) is 20.8. The predicted molar refractivity (Wildman–Crippen MR) is 108 cm³/mol. The molecule has 3 aromatic rings. The normalized spacial score (nSPS) is 10.3. The van der Waals surface area contributed by atoms with Gasteiger partial charge in [-0.15, -0.1) is 0 Å². The van der Waals surface area contributed by atoms with Crippen LogP contribution in [0.4, 0.5) is 10.1 Å². The molecule has 0 aromatic heterocycles. The lowest BCUT2D eigenvalue weighted by molar-refractivity contribution is 0.0469. The molecule has 5 nitrogen and oxygen atoms in total. The van der Waals surface area contributed by atoms with E-state index in [9.17, 15) is 14.0 Å². The SMILES string of the molecule is COc1ccc(COC(=O)c2ccccc2C(=O)N(C)c2ccccc2)cc1F. The number of hydrogen-bond acceptors (Lipinski definition) is 4. The van der Waals surface area contributed by atoms with Crippen molar-refractivity contribution in [1.82, 2.24) is 0 Å². The highest BCUT2D eigenvalue weighted by Gasteiger charge is 2.21. The van der Waals surface area contributed by atoms with Crippen LogP contribution in [0.2, 0.25) is 0 Å². The number of carbonyl (C=O) groups excluding carboxylic acids is 2. The fraction of sp³-hybridized carbons (Fsp3) is 0.130. The van der Waals surface area contributed by atoms with E-state index in [1.54, 1.807) is 43.4 Å². The summed E-state index contributed by atoms with van der Waals surface area (Å²) < 4.78 is 24.0. The number of anilines is 1. The molecular formula is C23H20FNO4. The fourth-order valence-corrected chi connectivity index (χ4v) is 2.82. The van der Waals surface area contributed by atoms with Crippen LogP contribution in [-0.2, 0) is 11.3 Å². The van der Waals surface area contributed by atoms with Crippen molar-refractivity contribution in [2.24, 2.45) is 0 Å². The lowest BCUT2D eigenvalue weighted by Gasteiger charge is -2.18. The third-order valence-corrected chi connectivity index (χ3v) is 4.41. The Kier molecular flexibility index (Phi) is 6.24. The number of halogens is 1. The van der Waals surface area contributed by atoms with Crippen molar-refractivity contribution in [2.75, 3.05) is 19.1 Å². The second-order valence-electron chi connectivity index (χ2n) is 6.29. The van der Waals surface area contributed by atoms with E-state index in [0.29, 0.717) is 11.3 Å². The van der Waals surface area contributed by atoms with Gasteiger partial charge in [0.15, 0.2) is 11.6 Å². The summed E-state index contributed by atoms with van der Waals surface area (Å²) >= 11 is 0. The molecule has 148 valence electrons. The monoisotopic (exact) mass is 393 g/mol. The van der Waals surface area contributed by atoms with Crippen LogP contribution in [0.5, 0.6) is 5.75 Å². The third kappa shape index (κ3) is 4.60. The summed E-state index contributed by atoms with van der Waals surface area (Å²) in [5, 5.41) is 0. The number of ether oxygens (including phenoxy) is 2. The van der Waals surface area contributed by atoms with E-state index >= 15 is 0 Å². The highest BCUT2D eigenvalue weighted by Crippen LogP contribution is 2.20. The molecule has 6 heteroatoms. The second-order valence-corrected chi connectivity index (χ2v) is 6.29. The van der Waals surface area contributed by atoms with Gasteiger partial charge < -0.3 is 14.4 Å². The molecule has 0 heterocycles. The molecule has 0 aliphatic carbocycles. The molecule has 29 heavy (non-hydrogen) atoms. The van der Waals surface area contributed by atoms with E-state index in [2.05, 4.69) is 0 Å².